The van der Waals surface area contributed by atoms with E-state index in [4.69, 9.17) is 4.74 Å². The Labute approximate surface area is 176 Å². The van der Waals surface area contributed by atoms with Crippen molar-refractivity contribution in [1.29, 1.82) is 0 Å². The molecule has 2 aromatic rings. The van der Waals surface area contributed by atoms with Crippen LogP contribution >= 0.6 is 0 Å². The molecule has 0 bridgehead atoms. The molecule has 0 heterocycles. The lowest BCUT2D eigenvalue weighted by molar-refractivity contribution is -0.0436. The van der Waals surface area contributed by atoms with E-state index in [1.165, 1.54) is 6.92 Å². The number of amides is 1. The number of ether oxygens (including phenoxy) is 1. The second-order valence-electron chi connectivity index (χ2n) is 7.61. The molecular formula is C20H19F4NO5S. The first-order valence-electron chi connectivity index (χ1n) is 8.69. The maximum Gasteiger partial charge on any atom is 0.502 e. The van der Waals surface area contributed by atoms with Gasteiger partial charge in [0, 0.05) is 17.2 Å². The molecule has 0 saturated carbocycles. The third kappa shape index (κ3) is 4.54. The van der Waals surface area contributed by atoms with Crippen LogP contribution in [0.1, 0.15) is 42.3 Å². The molecule has 0 spiro atoms. The van der Waals surface area contributed by atoms with Gasteiger partial charge in [-0.05, 0) is 30.5 Å². The Balaban J connectivity index is 2.54. The average molecular weight is 461 g/mol. The van der Waals surface area contributed by atoms with Crippen LogP contribution in [0.3, 0.4) is 0 Å². The summed E-state index contributed by atoms with van der Waals surface area (Å²) in [5.41, 5.74) is -7.03. The van der Waals surface area contributed by atoms with Gasteiger partial charge >= 0.3 is 5.51 Å². The van der Waals surface area contributed by atoms with Crippen molar-refractivity contribution >= 4 is 21.4 Å². The molecule has 0 aliphatic rings. The quantitative estimate of drug-likeness (QED) is 0.663. The van der Waals surface area contributed by atoms with Crippen LogP contribution in [-0.4, -0.2) is 32.0 Å². The highest BCUT2D eigenvalue weighted by molar-refractivity contribution is 7.92. The van der Waals surface area contributed by atoms with Gasteiger partial charge in [-0.15, -0.1) is 0 Å². The second kappa shape index (κ2) is 7.92. The molecule has 168 valence electrons. The first kappa shape index (κ1) is 24.3. The van der Waals surface area contributed by atoms with Gasteiger partial charge in [0.1, 0.15) is 22.1 Å². The predicted octanol–water partition coefficient (Wildman–Crippen LogP) is 4.29. The number of alkyl halides is 3. The summed E-state index contributed by atoms with van der Waals surface area (Å²) in [6.45, 7) is 6.36. The van der Waals surface area contributed by atoms with Crippen molar-refractivity contribution in [3.05, 3.63) is 46.8 Å². The number of benzene rings is 1. The number of rotatable bonds is 4. The van der Waals surface area contributed by atoms with Crippen LogP contribution in [0.25, 0.3) is 0 Å². The summed E-state index contributed by atoms with van der Waals surface area (Å²) >= 11 is 0. The van der Waals surface area contributed by atoms with Crippen LogP contribution in [0.15, 0.2) is 17.0 Å². The third-order valence-corrected chi connectivity index (χ3v) is 5.81. The number of aromatic hydroxyl groups is 1. The monoisotopic (exact) mass is 461 g/mol. The van der Waals surface area contributed by atoms with Gasteiger partial charge in [0.25, 0.3) is 15.7 Å². The smallest absolute Gasteiger partial charge is 0.502 e. The molecule has 0 unspecified atom stereocenters. The molecule has 1 amide bonds. The van der Waals surface area contributed by atoms with E-state index in [9.17, 15) is 35.9 Å². The van der Waals surface area contributed by atoms with Crippen LogP contribution in [0.2, 0.25) is 0 Å². The molecule has 0 fully saturated rings. The van der Waals surface area contributed by atoms with Gasteiger partial charge in [-0.3, -0.25) is 4.79 Å². The Morgan fingerprint density at radius 3 is 2.23 bits per heavy atom. The largest absolute Gasteiger partial charge is 0.507 e. The van der Waals surface area contributed by atoms with Gasteiger partial charge in [0.05, 0.1) is 12.7 Å². The Morgan fingerprint density at radius 2 is 1.74 bits per heavy atom. The standard InChI is InChI=1S/C20H19F4NO5S/c1-10-13(21)9-12(19(2,3)4)17(26)16(10)18(27)25-14-7-6-11(8-15(14)30-5)31(28,29)20(22,23)24/h8-9,26H,1-5H3,(H,25,27). The maximum absolute atomic E-state index is 14.4. The summed E-state index contributed by atoms with van der Waals surface area (Å²) in [4.78, 5) is 11.5. The van der Waals surface area contributed by atoms with E-state index in [2.05, 4.69) is 11.4 Å². The molecule has 0 aliphatic carbocycles. The van der Waals surface area contributed by atoms with Gasteiger partial charge in [-0.25, -0.2) is 12.8 Å². The number of methoxy groups -OCH3 is 1. The van der Waals surface area contributed by atoms with E-state index in [1.807, 2.05) is 6.07 Å². The highest BCUT2D eigenvalue weighted by Gasteiger charge is 2.47. The third-order valence-electron chi connectivity index (χ3n) is 4.40. The number of hydrogen-bond donors (Lipinski definition) is 2. The van der Waals surface area contributed by atoms with E-state index < -0.39 is 54.4 Å². The van der Waals surface area contributed by atoms with E-state index >= 15 is 0 Å². The van der Waals surface area contributed by atoms with Gasteiger partial charge in [-0.2, -0.15) is 13.2 Å². The van der Waals surface area contributed by atoms with Crippen LogP contribution in [0.5, 0.6) is 11.5 Å². The second-order valence-corrected chi connectivity index (χ2v) is 9.52. The molecule has 2 rings (SSSR count). The van der Waals surface area contributed by atoms with Crippen molar-refractivity contribution in [1.82, 2.24) is 0 Å². The van der Waals surface area contributed by atoms with Crippen LogP contribution in [-0.2, 0) is 15.3 Å². The minimum atomic E-state index is -5.72. The topological polar surface area (TPSA) is 92.7 Å². The normalized spacial score (nSPS) is 12.3. The summed E-state index contributed by atoms with van der Waals surface area (Å²) in [7, 11) is -4.68. The van der Waals surface area contributed by atoms with Gasteiger partial charge < -0.3 is 15.2 Å². The molecule has 0 atom stereocenters. The van der Waals surface area contributed by atoms with E-state index in [0.29, 0.717) is 6.07 Å². The highest BCUT2D eigenvalue weighted by Crippen LogP contribution is 2.37. The van der Waals surface area contributed by atoms with Crippen molar-refractivity contribution in [2.75, 3.05) is 12.4 Å². The fourth-order valence-corrected chi connectivity index (χ4v) is 3.39. The summed E-state index contributed by atoms with van der Waals surface area (Å²) in [5, 5.41) is 12.8. The number of phenolic OH excluding ortho intramolecular Hbond substituents is 1. The molecule has 11 heteroatoms. The Bertz CT molecular complexity index is 1140. The lowest BCUT2D eigenvalue weighted by atomic mass is 9.84. The molecular weight excluding hydrogens is 442 g/mol. The van der Waals surface area contributed by atoms with Crippen molar-refractivity contribution in [2.24, 2.45) is 0 Å². The van der Waals surface area contributed by atoms with Crippen molar-refractivity contribution in [3.8, 4) is 11.5 Å². The van der Waals surface area contributed by atoms with E-state index in [-0.39, 0.29) is 16.8 Å². The van der Waals surface area contributed by atoms with Crippen LogP contribution < -0.4 is 10.1 Å². The van der Waals surface area contributed by atoms with Gasteiger partial charge in [-0.1, -0.05) is 20.8 Å². The molecule has 2 aromatic carbocycles. The number of nitrogens with one attached hydrogen (secondary N) is 1. The molecule has 31 heavy (non-hydrogen) atoms. The fraction of sp³-hybridized carbons (Fsp3) is 0.350. The molecule has 0 saturated heterocycles. The first-order chi connectivity index (χ1) is 14.0. The van der Waals surface area contributed by atoms with Crippen LogP contribution in [0, 0.1) is 24.9 Å². The zero-order chi connectivity index (χ0) is 23.9. The highest BCUT2D eigenvalue weighted by atomic mass is 32.2. The Kier molecular flexibility index (Phi) is 6.20. The van der Waals surface area contributed by atoms with Gasteiger partial charge in [0.15, 0.2) is 5.75 Å². The maximum atomic E-state index is 14.4. The van der Waals surface area contributed by atoms with Crippen LogP contribution in [0.4, 0.5) is 23.2 Å². The minimum Gasteiger partial charge on any atom is -0.507 e. The number of sulfone groups is 1. The summed E-state index contributed by atoms with van der Waals surface area (Å²) < 4.78 is 80.6. The fourth-order valence-electron chi connectivity index (χ4n) is 2.70. The van der Waals surface area contributed by atoms with E-state index in [0.717, 1.165) is 13.2 Å². The Morgan fingerprint density at radius 1 is 1.16 bits per heavy atom. The average Bonchev–Trinajstić information content (AvgIpc) is 2.63. The number of carbonyl (C=O) groups is 1. The number of carbonyl (C=O) groups excluding carboxylic acids is 1. The summed E-state index contributed by atoms with van der Waals surface area (Å²) in [6.07, 6.45) is 0. The molecule has 2 N–H and O–H groups in total. The van der Waals surface area contributed by atoms with Gasteiger partial charge in [0.2, 0.25) is 0 Å². The molecule has 6 nitrogen and oxygen atoms in total. The van der Waals surface area contributed by atoms with Crippen molar-refractivity contribution in [3.63, 3.8) is 0 Å². The van der Waals surface area contributed by atoms with Crippen molar-refractivity contribution < 1.29 is 40.6 Å². The number of hydrogen-bond acceptors (Lipinski definition) is 5. The summed E-state index contributed by atoms with van der Waals surface area (Å²) in [5.74, 6) is -2.68. The first-order valence-corrected chi connectivity index (χ1v) is 10.2. The lowest BCUT2D eigenvalue weighted by Gasteiger charge is -2.23. The molecule has 0 radical (unpaired) electrons. The molecule has 0 aliphatic heterocycles. The Hall–Kier alpha value is -3.00. The number of halogens is 4. The zero-order valence-corrected chi connectivity index (χ0v) is 18.0. The van der Waals surface area contributed by atoms with Crippen molar-refractivity contribution in [2.45, 2.75) is 43.5 Å². The summed E-state index contributed by atoms with van der Waals surface area (Å²) in [6, 6.07) is 5.56. The minimum absolute atomic E-state index is 0.162. The SMILES string of the molecule is COc1cc(S(=O)(=O)C(F)(F)F)c#cc1NC(=O)c1c(C)c(F)cc(C(C)(C)C)c1O. The lowest BCUT2D eigenvalue weighted by Crippen LogP contribution is -2.23. The number of phenols is 1. The van der Waals surface area contributed by atoms with E-state index in [1.54, 1.807) is 20.8 Å². The predicted molar refractivity (Wildman–Crippen MR) is 103 cm³/mol. The molecule has 0 aromatic heterocycles. The zero-order valence-electron chi connectivity index (χ0n) is 17.2. The number of anilines is 1.